The SMILES string of the molecule is O=C(C[C@@H]1C[C@@H]2CC[C@@H]1C2)Nc1nc2ccccc2s1. The molecule has 4 heteroatoms. The molecule has 0 aliphatic heterocycles. The predicted molar refractivity (Wildman–Crippen MR) is 81.8 cm³/mol. The van der Waals surface area contributed by atoms with Gasteiger partial charge in [0.15, 0.2) is 5.13 Å². The summed E-state index contributed by atoms with van der Waals surface area (Å²) < 4.78 is 1.13. The van der Waals surface area contributed by atoms with E-state index in [9.17, 15) is 4.79 Å². The number of carbonyl (C=O) groups excluding carboxylic acids is 1. The lowest BCUT2D eigenvalue weighted by atomic mass is 9.86. The standard InChI is InChI=1S/C16H18N2OS/c19-15(9-12-8-10-5-6-11(12)7-10)18-16-17-13-3-1-2-4-14(13)20-16/h1-4,10-12H,5-9H2,(H,17,18,19)/t10-,11-,12+/m1/s1. The number of rotatable bonds is 3. The van der Waals surface area contributed by atoms with E-state index in [0.29, 0.717) is 12.3 Å². The number of nitrogens with zero attached hydrogens (tertiary/aromatic N) is 1. The smallest absolute Gasteiger partial charge is 0.226 e. The number of fused-ring (bicyclic) bond motifs is 3. The second kappa shape index (κ2) is 4.85. The summed E-state index contributed by atoms with van der Waals surface area (Å²) >= 11 is 1.56. The number of anilines is 1. The van der Waals surface area contributed by atoms with Gasteiger partial charge in [-0.2, -0.15) is 0 Å². The summed E-state index contributed by atoms with van der Waals surface area (Å²) in [5.74, 6) is 2.46. The van der Waals surface area contributed by atoms with Crippen LogP contribution in [0.1, 0.15) is 32.1 Å². The molecule has 1 amide bonds. The highest BCUT2D eigenvalue weighted by Crippen LogP contribution is 2.49. The maximum Gasteiger partial charge on any atom is 0.226 e. The van der Waals surface area contributed by atoms with E-state index >= 15 is 0 Å². The van der Waals surface area contributed by atoms with Gasteiger partial charge in [0, 0.05) is 6.42 Å². The normalized spacial score (nSPS) is 28.1. The van der Waals surface area contributed by atoms with Crippen molar-refractivity contribution >= 4 is 32.6 Å². The first kappa shape index (κ1) is 12.3. The molecule has 2 aromatic rings. The van der Waals surface area contributed by atoms with Crippen LogP contribution in [0.15, 0.2) is 24.3 Å². The Morgan fingerprint density at radius 2 is 2.20 bits per heavy atom. The average Bonchev–Trinajstić information content (AvgIpc) is 3.11. The zero-order valence-electron chi connectivity index (χ0n) is 11.3. The quantitative estimate of drug-likeness (QED) is 0.924. The van der Waals surface area contributed by atoms with Crippen molar-refractivity contribution in [2.24, 2.45) is 17.8 Å². The van der Waals surface area contributed by atoms with E-state index in [-0.39, 0.29) is 5.91 Å². The van der Waals surface area contributed by atoms with Crippen LogP contribution < -0.4 is 5.32 Å². The first-order chi connectivity index (χ1) is 9.78. The van der Waals surface area contributed by atoms with E-state index in [2.05, 4.69) is 10.3 Å². The molecule has 3 nitrogen and oxygen atoms in total. The molecule has 0 saturated heterocycles. The summed E-state index contributed by atoms with van der Waals surface area (Å²) in [7, 11) is 0. The van der Waals surface area contributed by atoms with Crippen molar-refractivity contribution < 1.29 is 4.79 Å². The fourth-order valence-electron chi connectivity index (χ4n) is 3.96. The minimum Gasteiger partial charge on any atom is -0.302 e. The van der Waals surface area contributed by atoms with Crippen molar-refractivity contribution in [2.75, 3.05) is 5.32 Å². The Morgan fingerprint density at radius 3 is 2.95 bits per heavy atom. The number of thiazole rings is 1. The molecule has 1 N–H and O–H groups in total. The van der Waals surface area contributed by atoms with Crippen molar-refractivity contribution in [1.29, 1.82) is 0 Å². The van der Waals surface area contributed by atoms with Gasteiger partial charge in [0.1, 0.15) is 0 Å². The predicted octanol–water partition coefficient (Wildman–Crippen LogP) is 4.06. The second-order valence-electron chi connectivity index (χ2n) is 6.17. The van der Waals surface area contributed by atoms with Crippen LogP contribution in [0.5, 0.6) is 0 Å². The minimum absolute atomic E-state index is 0.140. The molecule has 104 valence electrons. The summed E-state index contributed by atoms with van der Waals surface area (Å²) in [4.78, 5) is 16.6. The zero-order chi connectivity index (χ0) is 13.5. The van der Waals surface area contributed by atoms with Crippen LogP contribution in [0.4, 0.5) is 5.13 Å². The lowest BCUT2D eigenvalue weighted by Crippen LogP contribution is -2.20. The molecule has 2 fully saturated rings. The zero-order valence-corrected chi connectivity index (χ0v) is 12.2. The maximum absolute atomic E-state index is 12.2. The van der Waals surface area contributed by atoms with Gasteiger partial charge >= 0.3 is 0 Å². The van der Waals surface area contributed by atoms with Gasteiger partial charge < -0.3 is 5.32 Å². The number of hydrogen-bond acceptors (Lipinski definition) is 3. The van der Waals surface area contributed by atoms with Gasteiger partial charge in [0.05, 0.1) is 10.2 Å². The lowest BCUT2D eigenvalue weighted by molar-refractivity contribution is -0.117. The Morgan fingerprint density at radius 1 is 1.30 bits per heavy atom. The van der Waals surface area contributed by atoms with Gasteiger partial charge in [0.25, 0.3) is 0 Å². The van der Waals surface area contributed by atoms with Gasteiger partial charge in [-0.15, -0.1) is 0 Å². The topological polar surface area (TPSA) is 42.0 Å². The minimum atomic E-state index is 0.140. The van der Waals surface area contributed by atoms with Crippen LogP contribution in [0.2, 0.25) is 0 Å². The molecule has 2 saturated carbocycles. The molecular formula is C16H18N2OS. The molecule has 0 unspecified atom stereocenters. The molecule has 3 atom stereocenters. The van der Waals surface area contributed by atoms with Crippen molar-refractivity contribution in [3.63, 3.8) is 0 Å². The number of hydrogen-bond donors (Lipinski definition) is 1. The lowest BCUT2D eigenvalue weighted by Gasteiger charge is -2.20. The second-order valence-corrected chi connectivity index (χ2v) is 7.20. The monoisotopic (exact) mass is 286 g/mol. The Bertz CT molecular complexity index is 618. The Balaban J connectivity index is 1.42. The third kappa shape index (κ3) is 2.22. The van der Waals surface area contributed by atoms with Crippen LogP contribution in [0.25, 0.3) is 10.2 Å². The maximum atomic E-state index is 12.2. The summed E-state index contributed by atoms with van der Waals surface area (Å²) in [5.41, 5.74) is 0.965. The van der Waals surface area contributed by atoms with Crippen LogP contribution in [-0.4, -0.2) is 10.9 Å². The molecule has 2 bridgehead atoms. The van der Waals surface area contributed by atoms with E-state index < -0.39 is 0 Å². The Labute approximate surface area is 122 Å². The highest BCUT2D eigenvalue weighted by molar-refractivity contribution is 7.22. The highest BCUT2D eigenvalue weighted by Gasteiger charge is 2.40. The molecule has 0 spiro atoms. The summed E-state index contributed by atoms with van der Waals surface area (Å²) in [5, 5.41) is 3.72. The summed E-state index contributed by atoms with van der Waals surface area (Å²) in [6, 6.07) is 8.00. The van der Waals surface area contributed by atoms with Gasteiger partial charge in [-0.1, -0.05) is 29.9 Å². The van der Waals surface area contributed by atoms with Gasteiger partial charge in [-0.25, -0.2) is 4.98 Å². The van der Waals surface area contributed by atoms with E-state index in [1.54, 1.807) is 11.3 Å². The van der Waals surface area contributed by atoms with Crippen LogP contribution in [0, 0.1) is 17.8 Å². The molecule has 1 aromatic heterocycles. The van der Waals surface area contributed by atoms with Crippen molar-refractivity contribution in [3.05, 3.63) is 24.3 Å². The first-order valence-corrected chi connectivity index (χ1v) is 8.25. The largest absolute Gasteiger partial charge is 0.302 e. The van der Waals surface area contributed by atoms with Gasteiger partial charge in [0.2, 0.25) is 5.91 Å². The molecular weight excluding hydrogens is 268 g/mol. The molecule has 0 radical (unpaired) electrons. The van der Waals surface area contributed by atoms with E-state index in [0.717, 1.165) is 27.2 Å². The number of nitrogens with one attached hydrogen (secondary N) is 1. The number of benzene rings is 1. The number of para-hydroxylation sites is 1. The number of carbonyl (C=O) groups is 1. The fourth-order valence-corrected chi connectivity index (χ4v) is 4.84. The van der Waals surface area contributed by atoms with Crippen LogP contribution >= 0.6 is 11.3 Å². The van der Waals surface area contributed by atoms with E-state index in [1.807, 2.05) is 24.3 Å². The number of amides is 1. The molecule has 1 aromatic carbocycles. The summed E-state index contributed by atoms with van der Waals surface area (Å²) in [6.07, 6.45) is 6.03. The number of aromatic nitrogens is 1. The molecule has 1 heterocycles. The molecule has 4 rings (SSSR count). The molecule has 20 heavy (non-hydrogen) atoms. The van der Waals surface area contributed by atoms with E-state index in [1.165, 1.54) is 25.7 Å². The third-order valence-electron chi connectivity index (χ3n) is 4.87. The van der Waals surface area contributed by atoms with Crippen LogP contribution in [0.3, 0.4) is 0 Å². The Kier molecular flexibility index (Phi) is 2.99. The van der Waals surface area contributed by atoms with Gasteiger partial charge in [-0.05, 0) is 49.1 Å². The average molecular weight is 286 g/mol. The van der Waals surface area contributed by atoms with Crippen molar-refractivity contribution in [1.82, 2.24) is 4.98 Å². The van der Waals surface area contributed by atoms with Crippen molar-refractivity contribution in [2.45, 2.75) is 32.1 Å². The first-order valence-electron chi connectivity index (χ1n) is 7.43. The fraction of sp³-hybridized carbons (Fsp3) is 0.500. The molecule has 2 aliphatic rings. The Hall–Kier alpha value is -1.42. The molecule has 2 aliphatic carbocycles. The van der Waals surface area contributed by atoms with Gasteiger partial charge in [-0.3, -0.25) is 4.79 Å². The summed E-state index contributed by atoms with van der Waals surface area (Å²) in [6.45, 7) is 0. The van der Waals surface area contributed by atoms with Crippen LogP contribution in [-0.2, 0) is 4.79 Å². The van der Waals surface area contributed by atoms with Crippen molar-refractivity contribution in [3.8, 4) is 0 Å². The third-order valence-corrected chi connectivity index (χ3v) is 5.82. The highest BCUT2D eigenvalue weighted by atomic mass is 32.1. The van der Waals surface area contributed by atoms with E-state index in [4.69, 9.17) is 0 Å².